The number of urea groups is 1. The molecule has 0 spiro atoms. The Morgan fingerprint density at radius 1 is 1.03 bits per heavy atom. The third kappa shape index (κ3) is 4.73. The lowest BCUT2D eigenvalue weighted by Crippen LogP contribution is -2.21. The van der Waals surface area contributed by atoms with Gasteiger partial charge in [0.1, 0.15) is 23.2 Å². The monoisotopic (exact) mass is 514 g/mol. The molecule has 2 amide bonds. The van der Waals surface area contributed by atoms with E-state index in [1.165, 1.54) is 22.8 Å². The van der Waals surface area contributed by atoms with Gasteiger partial charge >= 0.3 is 6.03 Å². The maximum Gasteiger partial charge on any atom is 0.324 e. The van der Waals surface area contributed by atoms with Crippen molar-refractivity contribution < 1.29 is 13.9 Å². The molecule has 10 nitrogen and oxygen atoms in total. The Bertz CT molecular complexity index is 1630. The van der Waals surface area contributed by atoms with E-state index in [2.05, 4.69) is 20.7 Å². The average molecular weight is 515 g/mol. The minimum atomic E-state index is -0.568. The number of nitrogens with one attached hydrogen (secondary N) is 2. The zero-order chi connectivity index (χ0) is 27.0. The maximum atomic E-state index is 15.1. The first-order chi connectivity index (χ1) is 18.1. The number of benzene rings is 2. The highest BCUT2D eigenvalue weighted by atomic mass is 19.1. The number of aromatic nitrogens is 5. The third-order valence-electron chi connectivity index (χ3n) is 6.01. The predicted molar refractivity (Wildman–Crippen MR) is 144 cm³/mol. The molecule has 2 aromatic carbocycles. The van der Waals surface area contributed by atoms with Gasteiger partial charge in [0.05, 0.1) is 24.7 Å². The molecule has 0 saturated heterocycles. The molecular weight excluding hydrogens is 487 g/mol. The van der Waals surface area contributed by atoms with Gasteiger partial charge in [-0.15, -0.1) is 0 Å². The lowest BCUT2D eigenvalue weighted by molar-refractivity contribution is 0.262. The molecule has 0 unspecified atom stereocenters. The molecule has 3 aromatic heterocycles. The van der Waals surface area contributed by atoms with E-state index in [1.807, 2.05) is 51.1 Å². The minimum Gasteiger partial charge on any atom is -0.497 e. The van der Waals surface area contributed by atoms with E-state index in [0.717, 1.165) is 11.4 Å². The molecule has 0 aliphatic heterocycles. The minimum absolute atomic E-state index is 0.241. The van der Waals surface area contributed by atoms with Crippen LogP contribution in [-0.4, -0.2) is 37.5 Å². The topological polar surface area (TPSA) is 124 Å². The van der Waals surface area contributed by atoms with Crippen molar-refractivity contribution in [3.05, 3.63) is 78.5 Å². The molecule has 4 N–H and O–H groups in total. The second-order valence-corrected chi connectivity index (χ2v) is 9.71. The molecule has 5 aromatic rings. The number of carbonyl (C=O) groups excluding carboxylic acids is 1. The molecule has 0 radical (unpaired) electrons. The number of halogens is 1. The van der Waals surface area contributed by atoms with Gasteiger partial charge in [-0.05, 0) is 42.5 Å². The zero-order valence-corrected chi connectivity index (χ0v) is 21.4. The van der Waals surface area contributed by atoms with Crippen LogP contribution in [0.3, 0.4) is 0 Å². The fourth-order valence-corrected chi connectivity index (χ4v) is 3.95. The number of nitrogens with zero attached hydrogens (tertiary/aromatic N) is 5. The Morgan fingerprint density at radius 2 is 1.79 bits per heavy atom. The average Bonchev–Trinajstić information content (AvgIpc) is 3.53. The maximum absolute atomic E-state index is 15.1. The highest BCUT2D eigenvalue weighted by Crippen LogP contribution is 2.30. The Labute approximate surface area is 218 Å². The summed E-state index contributed by atoms with van der Waals surface area (Å²) in [6.07, 6.45) is 3.06. The molecule has 3 heterocycles. The van der Waals surface area contributed by atoms with Crippen LogP contribution in [0.4, 0.5) is 26.5 Å². The third-order valence-corrected chi connectivity index (χ3v) is 6.01. The summed E-state index contributed by atoms with van der Waals surface area (Å²) in [5.41, 5.74) is 8.93. The van der Waals surface area contributed by atoms with Crippen LogP contribution in [-0.2, 0) is 5.41 Å². The second-order valence-electron chi connectivity index (χ2n) is 9.71. The Morgan fingerprint density at radius 3 is 2.47 bits per heavy atom. The molecule has 194 valence electrons. The van der Waals surface area contributed by atoms with Gasteiger partial charge in [-0.1, -0.05) is 20.8 Å². The first-order valence-electron chi connectivity index (χ1n) is 11.8. The first kappa shape index (κ1) is 24.8. The van der Waals surface area contributed by atoms with Crippen LogP contribution in [0.25, 0.3) is 22.5 Å². The van der Waals surface area contributed by atoms with E-state index in [4.69, 9.17) is 15.6 Å². The Hall–Kier alpha value is -4.93. The number of anilines is 3. The standard InChI is InChI=1S/C27H27FN8O2/c1-27(2,3)22-14-24(35(34-22)17-6-8-18(38-4)9-7-17)33-26(37)32-16-5-10-19(21(28)13-16)20-15-30-23-11-12-31-36(23)25(20)29/h5-15H,29H2,1-4H3,(H2,32,33,37). The molecule has 0 aliphatic carbocycles. The summed E-state index contributed by atoms with van der Waals surface area (Å²) in [5, 5.41) is 14.3. The molecule has 38 heavy (non-hydrogen) atoms. The molecule has 0 atom stereocenters. The summed E-state index contributed by atoms with van der Waals surface area (Å²) in [4.78, 5) is 17.2. The van der Waals surface area contributed by atoms with Crippen molar-refractivity contribution >= 4 is 29.0 Å². The largest absolute Gasteiger partial charge is 0.497 e. The van der Waals surface area contributed by atoms with Crippen molar-refractivity contribution in [2.75, 3.05) is 23.5 Å². The van der Waals surface area contributed by atoms with Gasteiger partial charge in [0.15, 0.2) is 5.65 Å². The van der Waals surface area contributed by atoms with Gasteiger partial charge in [0, 0.05) is 40.6 Å². The molecule has 5 rings (SSSR count). The van der Waals surface area contributed by atoms with Crippen LogP contribution < -0.4 is 21.1 Å². The summed E-state index contributed by atoms with van der Waals surface area (Å²) >= 11 is 0. The number of nitrogens with two attached hydrogens (primary N) is 1. The summed E-state index contributed by atoms with van der Waals surface area (Å²) in [5.74, 6) is 0.859. The van der Waals surface area contributed by atoms with Crippen LogP contribution in [0, 0.1) is 5.82 Å². The van der Waals surface area contributed by atoms with E-state index in [1.54, 1.807) is 30.1 Å². The van der Waals surface area contributed by atoms with Crippen molar-refractivity contribution in [3.8, 4) is 22.6 Å². The number of amides is 2. The van der Waals surface area contributed by atoms with E-state index >= 15 is 4.39 Å². The SMILES string of the molecule is COc1ccc(-n2nc(C(C)(C)C)cc2NC(=O)Nc2ccc(-c3cnc4ccnn4c3N)c(F)c2)cc1. The fourth-order valence-electron chi connectivity index (χ4n) is 3.95. The van der Waals surface area contributed by atoms with Crippen LogP contribution >= 0.6 is 0 Å². The van der Waals surface area contributed by atoms with Gasteiger partial charge in [-0.2, -0.15) is 14.7 Å². The molecule has 0 bridgehead atoms. The quantitative estimate of drug-likeness (QED) is 0.294. The Balaban J connectivity index is 1.38. The lowest BCUT2D eigenvalue weighted by Gasteiger charge is -2.14. The zero-order valence-electron chi connectivity index (χ0n) is 21.4. The number of rotatable bonds is 5. The molecule has 0 fully saturated rings. The van der Waals surface area contributed by atoms with Crippen LogP contribution in [0.1, 0.15) is 26.5 Å². The van der Waals surface area contributed by atoms with E-state index in [9.17, 15) is 4.79 Å². The van der Waals surface area contributed by atoms with Crippen molar-refractivity contribution in [3.63, 3.8) is 0 Å². The highest BCUT2D eigenvalue weighted by molar-refractivity contribution is 5.99. The number of nitrogen functional groups attached to an aromatic ring is 1. The van der Waals surface area contributed by atoms with Gasteiger partial charge < -0.3 is 15.8 Å². The number of ether oxygens (including phenoxy) is 1. The van der Waals surface area contributed by atoms with Crippen molar-refractivity contribution in [1.82, 2.24) is 24.4 Å². The summed E-state index contributed by atoms with van der Waals surface area (Å²) < 4.78 is 23.4. The van der Waals surface area contributed by atoms with E-state index < -0.39 is 11.8 Å². The normalized spacial score (nSPS) is 11.5. The predicted octanol–water partition coefficient (Wildman–Crippen LogP) is 5.25. The molecule has 11 heteroatoms. The summed E-state index contributed by atoms with van der Waals surface area (Å²) in [7, 11) is 1.59. The van der Waals surface area contributed by atoms with E-state index in [-0.39, 0.29) is 22.5 Å². The van der Waals surface area contributed by atoms with Crippen molar-refractivity contribution in [2.45, 2.75) is 26.2 Å². The summed E-state index contributed by atoms with van der Waals surface area (Å²) in [6.45, 7) is 6.11. The molecular formula is C27H27FN8O2. The van der Waals surface area contributed by atoms with Gasteiger partial charge in [0.25, 0.3) is 0 Å². The van der Waals surface area contributed by atoms with Crippen LogP contribution in [0.15, 0.2) is 67.0 Å². The van der Waals surface area contributed by atoms with Gasteiger partial charge in [-0.3, -0.25) is 5.32 Å². The Kier molecular flexibility index (Phi) is 6.19. The highest BCUT2D eigenvalue weighted by Gasteiger charge is 2.22. The number of carbonyl (C=O) groups is 1. The van der Waals surface area contributed by atoms with Gasteiger partial charge in [0.2, 0.25) is 0 Å². The van der Waals surface area contributed by atoms with Crippen molar-refractivity contribution in [1.29, 1.82) is 0 Å². The number of methoxy groups -OCH3 is 1. The van der Waals surface area contributed by atoms with Crippen molar-refractivity contribution in [2.24, 2.45) is 0 Å². The molecule has 0 aliphatic rings. The van der Waals surface area contributed by atoms with Crippen LogP contribution in [0.5, 0.6) is 5.75 Å². The second kappa shape index (κ2) is 9.51. The fraction of sp³-hybridized carbons (Fsp3) is 0.185. The lowest BCUT2D eigenvalue weighted by atomic mass is 9.92. The number of hydrogen-bond acceptors (Lipinski definition) is 6. The smallest absolute Gasteiger partial charge is 0.324 e. The summed E-state index contributed by atoms with van der Waals surface area (Å²) in [6, 6.07) is 14.6. The van der Waals surface area contributed by atoms with Gasteiger partial charge in [-0.25, -0.2) is 18.9 Å². The number of fused-ring (bicyclic) bond motifs is 1. The van der Waals surface area contributed by atoms with E-state index in [0.29, 0.717) is 22.8 Å². The van der Waals surface area contributed by atoms with Crippen LogP contribution in [0.2, 0.25) is 0 Å². The molecule has 0 saturated carbocycles. The first-order valence-corrected chi connectivity index (χ1v) is 11.8. The number of hydrogen-bond donors (Lipinski definition) is 3.